The van der Waals surface area contributed by atoms with E-state index in [1.165, 1.54) is 0 Å². The number of hydrogen-bond donors (Lipinski definition) is 3. The summed E-state index contributed by atoms with van der Waals surface area (Å²) in [4.78, 5) is 2.08. The first kappa shape index (κ1) is 13.8. The molecule has 86 valence electrons. The van der Waals surface area contributed by atoms with E-state index >= 15 is 0 Å². The highest BCUT2D eigenvalue weighted by atomic mass is 16.3. The third-order valence-corrected chi connectivity index (χ3v) is 2.14. The molecule has 0 aliphatic heterocycles. The number of hydrogen-bond acceptors (Lipinski definition) is 4. The molecule has 0 aromatic carbocycles. The molecule has 0 aliphatic carbocycles. The first-order valence-electron chi connectivity index (χ1n) is 5.14. The monoisotopic (exact) mass is 204 g/mol. The Morgan fingerprint density at radius 2 is 1.64 bits per heavy atom. The summed E-state index contributed by atoms with van der Waals surface area (Å²) in [5.74, 6) is 0. The van der Waals surface area contributed by atoms with Crippen LogP contribution in [0.4, 0.5) is 0 Å². The van der Waals surface area contributed by atoms with Gasteiger partial charge in [0.15, 0.2) is 0 Å². The Labute approximate surface area is 86.9 Å². The van der Waals surface area contributed by atoms with Crippen LogP contribution >= 0.6 is 0 Å². The van der Waals surface area contributed by atoms with Crippen LogP contribution in [0.15, 0.2) is 0 Å². The molecule has 4 nitrogen and oxygen atoms in total. The van der Waals surface area contributed by atoms with Crippen molar-refractivity contribution in [3.05, 3.63) is 0 Å². The Morgan fingerprint density at radius 1 is 1.14 bits per heavy atom. The summed E-state index contributed by atoms with van der Waals surface area (Å²) in [6, 6.07) is 0. The molecule has 0 spiro atoms. The van der Waals surface area contributed by atoms with E-state index in [9.17, 15) is 0 Å². The Hall–Kier alpha value is -0.160. The SMILES string of the molecule is CNCC(C)(C)CN(CCO)CCO. The van der Waals surface area contributed by atoms with Crippen molar-refractivity contribution >= 4 is 0 Å². The molecular weight excluding hydrogens is 180 g/mol. The molecule has 0 aromatic heterocycles. The second kappa shape index (κ2) is 7.17. The topological polar surface area (TPSA) is 55.7 Å². The van der Waals surface area contributed by atoms with E-state index in [0.717, 1.165) is 13.1 Å². The van der Waals surface area contributed by atoms with Gasteiger partial charge in [-0.1, -0.05) is 13.8 Å². The van der Waals surface area contributed by atoms with E-state index in [2.05, 4.69) is 24.1 Å². The molecule has 0 rings (SSSR count). The van der Waals surface area contributed by atoms with Gasteiger partial charge in [0.05, 0.1) is 13.2 Å². The molecule has 0 fully saturated rings. The van der Waals surface area contributed by atoms with Gasteiger partial charge in [-0.3, -0.25) is 4.90 Å². The largest absolute Gasteiger partial charge is 0.395 e. The average Bonchev–Trinajstić information content (AvgIpc) is 2.03. The summed E-state index contributed by atoms with van der Waals surface area (Å²) in [7, 11) is 1.93. The lowest BCUT2D eigenvalue weighted by Crippen LogP contribution is -2.42. The van der Waals surface area contributed by atoms with Crippen molar-refractivity contribution in [2.75, 3.05) is 46.4 Å². The zero-order valence-corrected chi connectivity index (χ0v) is 9.58. The van der Waals surface area contributed by atoms with Gasteiger partial charge in [-0.05, 0) is 12.5 Å². The fourth-order valence-corrected chi connectivity index (χ4v) is 1.69. The molecule has 0 radical (unpaired) electrons. The lowest BCUT2D eigenvalue weighted by atomic mass is 9.92. The summed E-state index contributed by atoms with van der Waals surface area (Å²) in [5, 5.41) is 20.8. The first-order valence-corrected chi connectivity index (χ1v) is 5.14. The molecule has 14 heavy (non-hydrogen) atoms. The van der Waals surface area contributed by atoms with Gasteiger partial charge < -0.3 is 15.5 Å². The van der Waals surface area contributed by atoms with Crippen molar-refractivity contribution in [1.29, 1.82) is 0 Å². The second-order valence-corrected chi connectivity index (χ2v) is 4.42. The zero-order valence-electron chi connectivity index (χ0n) is 9.58. The van der Waals surface area contributed by atoms with Crippen LogP contribution in [-0.4, -0.2) is 61.6 Å². The Balaban J connectivity index is 3.98. The maximum atomic E-state index is 8.85. The van der Waals surface area contributed by atoms with Gasteiger partial charge >= 0.3 is 0 Å². The first-order chi connectivity index (χ1) is 6.55. The fourth-order valence-electron chi connectivity index (χ4n) is 1.69. The van der Waals surface area contributed by atoms with Crippen molar-refractivity contribution in [3.63, 3.8) is 0 Å². The Bertz CT molecular complexity index is 134. The summed E-state index contributed by atoms with van der Waals surface area (Å²) >= 11 is 0. The molecule has 3 N–H and O–H groups in total. The fraction of sp³-hybridized carbons (Fsp3) is 1.00. The third-order valence-electron chi connectivity index (χ3n) is 2.14. The predicted octanol–water partition coefficient (Wildman–Crippen LogP) is -0.481. The van der Waals surface area contributed by atoms with Crippen molar-refractivity contribution in [2.24, 2.45) is 5.41 Å². The number of aliphatic hydroxyl groups is 2. The summed E-state index contributed by atoms with van der Waals surface area (Å²) in [6.07, 6.45) is 0. The van der Waals surface area contributed by atoms with Crippen LogP contribution < -0.4 is 5.32 Å². The number of aliphatic hydroxyl groups excluding tert-OH is 2. The summed E-state index contributed by atoms with van der Waals surface area (Å²) in [5.41, 5.74) is 0.166. The molecule has 0 heterocycles. The number of nitrogens with one attached hydrogen (secondary N) is 1. The van der Waals surface area contributed by atoms with Gasteiger partial charge in [0.1, 0.15) is 0 Å². The highest BCUT2D eigenvalue weighted by molar-refractivity contribution is 4.75. The third kappa shape index (κ3) is 6.32. The lowest BCUT2D eigenvalue weighted by Gasteiger charge is -2.31. The minimum Gasteiger partial charge on any atom is -0.395 e. The molecule has 0 atom stereocenters. The molecule has 0 aliphatic rings. The molecule has 0 bridgehead atoms. The highest BCUT2D eigenvalue weighted by Crippen LogP contribution is 2.15. The molecule has 4 heteroatoms. The molecule has 0 saturated carbocycles. The Kier molecular flexibility index (Phi) is 7.09. The predicted molar refractivity (Wildman–Crippen MR) is 58.3 cm³/mol. The van der Waals surface area contributed by atoms with Gasteiger partial charge in [0.2, 0.25) is 0 Å². The van der Waals surface area contributed by atoms with E-state index in [0.29, 0.717) is 13.1 Å². The smallest absolute Gasteiger partial charge is 0.0558 e. The van der Waals surface area contributed by atoms with E-state index < -0.39 is 0 Å². The van der Waals surface area contributed by atoms with E-state index in [1.807, 2.05) is 7.05 Å². The lowest BCUT2D eigenvalue weighted by molar-refractivity contribution is 0.120. The quantitative estimate of drug-likeness (QED) is 0.500. The van der Waals surface area contributed by atoms with Crippen LogP contribution in [0, 0.1) is 5.41 Å². The van der Waals surface area contributed by atoms with Crippen LogP contribution in [0.2, 0.25) is 0 Å². The molecule has 0 unspecified atom stereocenters. The minimum absolute atomic E-state index is 0.148. The minimum atomic E-state index is 0.148. The Morgan fingerprint density at radius 3 is 2.00 bits per heavy atom. The van der Waals surface area contributed by atoms with Crippen LogP contribution in [-0.2, 0) is 0 Å². The van der Waals surface area contributed by atoms with Crippen molar-refractivity contribution in [2.45, 2.75) is 13.8 Å². The summed E-state index contributed by atoms with van der Waals surface area (Å²) < 4.78 is 0. The van der Waals surface area contributed by atoms with Gasteiger partial charge in [-0.25, -0.2) is 0 Å². The molecule has 0 saturated heterocycles. The summed E-state index contributed by atoms with van der Waals surface area (Å²) in [6.45, 7) is 7.72. The average molecular weight is 204 g/mol. The van der Waals surface area contributed by atoms with E-state index in [-0.39, 0.29) is 18.6 Å². The number of nitrogens with zero attached hydrogens (tertiary/aromatic N) is 1. The van der Waals surface area contributed by atoms with Gasteiger partial charge in [0, 0.05) is 26.2 Å². The highest BCUT2D eigenvalue weighted by Gasteiger charge is 2.20. The molecule has 0 amide bonds. The van der Waals surface area contributed by atoms with Crippen LogP contribution in [0.1, 0.15) is 13.8 Å². The van der Waals surface area contributed by atoms with Crippen molar-refractivity contribution < 1.29 is 10.2 Å². The van der Waals surface area contributed by atoms with Crippen LogP contribution in [0.3, 0.4) is 0 Å². The zero-order chi connectivity index (χ0) is 11.0. The van der Waals surface area contributed by atoms with Crippen LogP contribution in [0.25, 0.3) is 0 Å². The van der Waals surface area contributed by atoms with E-state index in [4.69, 9.17) is 10.2 Å². The van der Waals surface area contributed by atoms with Crippen molar-refractivity contribution in [1.82, 2.24) is 10.2 Å². The standard InChI is InChI=1S/C10H24N2O2/c1-10(2,8-11-3)9-12(4-6-13)5-7-14/h11,13-14H,4-9H2,1-3H3. The van der Waals surface area contributed by atoms with Gasteiger partial charge in [-0.2, -0.15) is 0 Å². The number of rotatable bonds is 8. The maximum Gasteiger partial charge on any atom is 0.0558 e. The molecular formula is C10H24N2O2. The molecule has 0 aromatic rings. The normalized spacial score (nSPS) is 12.4. The second-order valence-electron chi connectivity index (χ2n) is 4.42. The van der Waals surface area contributed by atoms with Crippen LogP contribution in [0.5, 0.6) is 0 Å². The van der Waals surface area contributed by atoms with Crippen molar-refractivity contribution in [3.8, 4) is 0 Å². The van der Waals surface area contributed by atoms with Gasteiger partial charge in [0.25, 0.3) is 0 Å². The van der Waals surface area contributed by atoms with Gasteiger partial charge in [-0.15, -0.1) is 0 Å². The van der Waals surface area contributed by atoms with E-state index in [1.54, 1.807) is 0 Å². The maximum absolute atomic E-state index is 8.85.